The molecule has 0 heterocycles. The van der Waals surface area contributed by atoms with Crippen LogP contribution in [0.1, 0.15) is 16.7 Å². The van der Waals surface area contributed by atoms with Crippen molar-refractivity contribution in [1.82, 2.24) is 10.7 Å². The maximum Gasteiger partial charge on any atom is 0.264 e. The number of para-hydroxylation sites is 1. The van der Waals surface area contributed by atoms with Gasteiger partial charge in [-0.25, -0.2) is 13.8 Å². The van der Waals surface area contributed by atoms with Crippen LogP contribution in [0.2, 0.25) is 0 Å². The van der Waals surface area contributed by atoms with Crippen molar-refractivity contribution in [2.45, 2.75) is 18.4 Å². The number of carbonyl (C=O) groups excluding carboxylic acids is 2. The molecule has 10 heteroatoms. The lowest BCUT2D eigenvalue weighted by Gasteiger charge is -2.23. The van der Waals surface area contributed by atoms with Crippen LogP contribution in [0.15, 0.2) is 119 Å². The summed E-state index contributed by atoms with van der Waals surface area (Å²) in [6, 6.07) is 31.2. The van der Waals surface area contributed by atoms with Gasteiger partial charge in [0.05, 0.1) is 16.8 Å². The van der Waals surface area contributed by atoms with Gasteiger partial charge in [0, 0.05) is 6.54 Å². The Morgan fingerprint density at radius 2 is 1.46 bits per heavy atom. The lowest BCUT2D eigenvalue weighted by Crippen LogP contribution is -2.39. The van der Waals surface area contributed by atoms with E-state index in [9.17, 15) is 18.0 Å². The van der Waals surface area contributed by atoms with E-state index in [2.05, 4.69) is 15.8 Å². The topological polar surface area (TPSA) is 117 Å². The Hall–Kier alpha value is -4.96. The third-order valence-electron chi connectivity index (χ3n) is 5.93. The minimum atomic E-state index is -4.00. The maximum absolute atomic E-state index is 13.4. The Morgan fingerprint density at radius 3 is 2.12 bits per heavy atom. The maximum atomic E-state index is 13.4. The van der Waals surface area contributed by atoms with Gasteiger partial charge in [-0.15, -0.1) is 0 Å². The summed E-state index contributed by atoms with van der Waals surface area (Å²) in [6.07, 6.45) is 1.43. The van der Waals surface area contributed by atoms with Crippen LogP contribution in [0.3, 0.4) is 0 Å². The molecule has 0 atom stereocenters. The predicted octanol–water partition coefficient (Wildman–Crippen LogP) is 4.04. The number of nitrogens with zero attached hydrogens (tertiary/aromatic N) is 2. The smallest absolute Gasteiger partial charge is 0.264 e. The fourth-order valence-electron chi connectivity index (χ4n) is 3.74. The van der Waals surface area contributed by atoms with Crippen LogP contribution >= 0.6 is 0 Å². The van der Waals surface area contributed by atoms with Gasteiger partial charge in [0.15, 0.2) is 6.61 Å². The molecule has 2 amide bonds. The number of ether oxygens (including phenoxy) is 1. The lowest BCUT2D eigenvalue weighted by atomic mass is 10.2. The summed E-state index contributed by atoms with van der Waals surface area (Å²) in [5.41, 5.74) is 5.33. The molecule has 0 spiro atoms. The molecule has 4 aromatic rings. The Kier molecular flexibility index (Phi) is 9.85. The van der Waals surface area contributed by atoms with E-state index in [1.807, 2.05) is 37.3 Å². The van der Waals surface area contributed by atoms with Crippen molar-refractivity contribution in [3.05, 3.63) is 126 Å². The molecule has 0 aliphatic rings. The van der Waals surface area contributed by atoms with Crippen LogP contribution in [0.25, 0.3) is 0 Å². The average Bonchev–Trinajstić information content (AvgIpc) is 2.99. The van der Waals surface area contributed by atoms with E-state index >= 15 is 0 Å². The van der Waals surface area contributed by atoms with Gasteiger partial charge in [0.1, 0.15) is 12.3 Å². The molecule has 0 fully saturated rings. The number of rotatable bonds is 12. The highest BCUT2D eigenvalue weighted by molar-refractivity contribution is 7.92. The molecule has 0 aliphatic carbocycles. The molecular formula is C31H30N4O5S. The van der Waals surface area contributed by atoms with Crippen LogP contribution in [-0.2, 0) is 26.2 Å². The summed E-state index contributed by atoms with van der Waals surface area (Å²) in [5.74, 6) is -0.348. The quantitative estimate of drug-likeness (QED) is 0.197. The molecule has 210 valence electrons. The van der Waals surface area contributed by atoms with E-state index in [-0.39, 0.29) is 17.4 Å². The summed E-state index contributed by atoms with van der Waals surface area (Å²) in [7, 11) is -4.00. The molecule has 0 bridgehead atoms. The number of amides is 2. The molecular weight excluding hydrogens is 540 g/mol. The summed E-state index contributed by atoms with van der Waals surface area (Å²) in [5, 5.41) is 6.76. The first kappa shape index (κ1) is 29.0. The van der Waals surface area contributed by atoms with Gasteiger partial charge in [-0.1, -0.05) is 66.2 Å². The zero-order chi connectivity index (χ0) is 29.1. The standard InChI is InChI=1S/C31H30N4O5S/c1-24-12-18-29(19-13-24)41(38,39)35(27-10-6-3-7-11-27)22-30(36)34-33-21-26-14-16-28(17-15-26)40-23-31(37)32-20-25-8-4-2-5-9-25/h2-19,21H,20,22-23H2,1H3,(H,32,37)(H,34,36)/b33-21-. The minimum Gasteiger partial charge on any atom is -0.484 e. The predicted molar refractivity (Wildman–Crippen MR) is 158 cm³/mol. The molecule has 0 unspecified atom stereocenters. The molecule has 0 radical (unpaired) electrons. The highest BCUT2D eigenvalue weighted by Crippen LogP contribution is 2.23. The van der Waals surface area contributed by atoms with Crippen molar-refractivity contribution in [1.29, 1.82) is 0 Å². The Labute approximate surface area is 239 Å². The van der Waals surface area contributed by atoms with E-state index < -0.39 is 22.5 Å². The number of carbonyl (C=O) groups is 2. The molecule has 2 N–H and O–H groups in total. The van der Waals surface area contributed by atoms with Gasteiger partial charge in [0.25, 0.3) is 21.8 Å². The first-order chi connectivity index (χ1) is 19.8. The number of hydrogen-bond donors (Lipinski definition) is 2. The number of aryl methyl sites for hydroxylation is 1. The van der Waals surface area contributed by atoms with Crippen molar-refractivity contribution in [2.24, 2.45) is 5.10 Å². The van der Waals surface area contributed by atoms with Crippen LogP contribution in [-0.4, -0.2) is 39.6 Å². The number of hydrogen-bond acceptors (Lipinski definition) is 6. The van der Waals surface area contributed by atoms with Crippen molar-refractivity contribution >= 4 is 33.7 Å². The molecule has 4 rings (SSSR count). The van der Waals surface area contributed by atoms with E-state index in [1.54, 1.807) is 66.7 Å². The third kappa shape index (κ3) is 8.51. The highest BCUT2D eigenvalue weighted by atomic mass is 32.2. The fourth-order valence-corrected chi connectivity index (χ4v) is 5.16. The van der Waals surface area contributed by atoms with Gasteiger partial charge in [-0.05, 0) is 66.6 Å². The Morgan fingerprint density at radius 1 is 0.829 bits per heavy atom. The SMILES string of the molecule is Cc1ccc(S(=O)(=O)N(CC(=O)N/N=C\c2ccc(OCC(=O)NCc3ccccc3)cc2)c2ccccc2)cc1. The van der Waals surface area contributed by atoms with Crippen LogP contribution in [0.5, 0.6) is 5.75 Å². The molecule has 0 saturated heterocycles. The van der Waals surface area contributed by atoms with Crippen molar-refractivity contribution in [3.8, 4) is 5.75 Å². The number of nitrogens with one attached hydrogen (secondary N) is 2. The second kappa shape index (κ2) is 13.9. The van der Waals surface area contributed by atoms with Crippen LogP contribution in [0.4, 0.5) is 5.69 Å². The van der Waals surface area contributed by atoms with E-state index in [4.69, 9.17) is 4.74 Å². The first-order valence-corrected chi connectivity index (χ1v) is 14.2. The second-order valence-corrected chi connectivity index (χ2v) is 10.9. The molecule has 4 aromatic carbocycles. The van der Waals surface area contributed by atoms with Crippen molar-refractivity contribution < 1.29 is 22.7 Å². The summed E-state index contributed by atoms with van der Waals surface area (Å²) in [4.78, 5) is 24.8. The second-order valence-electron chi connectivity index (χ2n) is 9.07. The molecule has 41 heavy (non-hydrogen) atoms. The van der Waals surface area contributed by atoms with Gasteiger partial charge in [-0.2, -0.15) is 5.10 Å². The van der Waals surface area contributed by atoms with Gasteiger partial charge < -0.3 is 10.1 Å². The zero-order valence-electron chi connectivity index (χ0n) is 22.4. The van der Waals surface area contributed by atoms with Crippen LogP contribution in [0, 0.1) is 6.92 Å². The van der Waals surface area contributed by atoms with Crippen molar-refractivity contribution in [2.75, 3.05) is 17.5 Å². The first-order valence-electron chi connectivity index (χ1n) is 12.8. The molecule has 0 aromatic heterocycles. The molecule has 0 aliphatic heterocycles. The Bertz CT molecular complexity index is 1580. The number of sulfonamides is 1. The van der Waals surface area contributed by atoms with Crippen LogP contribution < -0.4 is 19.8 Å². The largest absolute Gasteiger partial charge is 0.484 e. The van der Waals surface area contributed by atoms with Gasteiger partial charge >= 0.3 is 0 Å². The normalized spacial score (nSPS) is 11.1. The Balaban J connectivity index is 1.31. The summed E-state index contributed by atoms with van der Waals surface area (Å²) >= 11 is 0. The van der Waals surface area contributed by atoms with Crippen molar-refractivity contribution in [3.63, 3.8) is 0 Å². The minimum absolute atomic E-state index is 0.0826. The monoisotopic (exact) mass is 570 g/mol. The van der Waals surface area contributed by atoms with Gasteiger partial charge in [-0.3, -0.25) is 13.9 Å². The molecule has 9 nitrogen and oxygen atoms in total. The van der Waals surface area contributed by atoms with E-state index in [1.165, 1.54) is 18.3 Å². The average molecular weight is 571 g/mol. The lowest BCUT2D eigenvalue weighted by molar-refractivity contribution is -0.123. The van der Waals surface area contributed by atoms with E-state index in [0.29, 0.717) is 23.5 Å². The molecule has 0 saturated carbocycles. The number of benzene rings is 4. The number of anilines is 1. The highest BCUT2D eigenvalue weighted by Gasteiger charge is 2.27. The van der Waals surface area contributed by atoms with Gasteiger partial charge in [0.2, 0.25) is 0 Å². The zero-order valence-corrected chi connectivity index (χ0v) is 23.3. The fraction of sp³-hybridized carbons (Fsp3) is 0.129. The summed E-state index contributed by atoms with van der Waals surface area (Å²) in [6.45, 7) is 1.70. The van der Waals surface area contributed by atoms with E-state index in [0.717, 1.165) is 15.4 Å². The summed E-state index contributed by atoms with van der Waals surface area (Å²) < 4.78 is 33.3. The third-order valence-corrected chi connectivity index (χ3v) is 7.71. The number of hydrazone groups is 1.